The van der Waals surface area contributed by atoms with Gasteiger partial charge in [-0.25, -0.2) is 4.79 Å². The molecule has 3 heteroatoms. The highest BCUT2D eigenvalue weighted by atomic mass is 16.2. The van der Waals surface area contributed by atoms with E-state index in [0.29, 0.717) is 13.1 Å². The zero-order valence-corrected chi connectivity index (χ0v) is 13.7. The summed E-state index contributed by atoms with van der Waals surface area (Å²) in [5.74, 6) is 0. The summed E-state index contributed by atoms with van der Waals surface area (Å²) in [5.41, 5.74) is 2.40. The van der Waals surface area contributed by atoms with E-state index < -0.39 is 0 Å². The molecule has 120 valence electrons. The number of para-hydroxylation sites is 1. The van der Waals surface area contributed by atoms with Crippen molar-refractivity contribution in [3.05, 3.63) is 66.2 Å². The molecule has 1 saturated carbocycles. The predicted molar refractivity (Wildman–Crippen MR) is 94.8 cm³/mol. The molecule has 0 radical (unpaired) electrons. The van der Waals surface area contributed by atoms with E-state index in [2.05, 4.69) is 29.6 Å². The summed E-state index contributed by atoms with van der Waals surface area (Å²) in [6.45, 7) is 3.37. The summed E-state index contributed by atoms with van der Waals surface area (Å²) in [7, 11) is 0. The minimum Gasteiger partial charge on any atom is -0.337 e. The molecule has 1 aliphatic carbocycles. The normalized spacial score (nSPS) is 15.5. The Labute approximate surface area is 138 Å². The maximum Gasteiger partial charge on any atom is 0.321 e. The summed E-state index contributed by atoms with van der Waals surface area (Å²) >= 11 is 0. The molecule has 0 aliphatic heterocycles. The third-order valence-corrected chi connectivity index (χ3v) is 4.90. The third-order valence-electron chi connectivity index (χ3n) is 4.90. The van der Waals surface area contributed by atoms with E-state index in [-0.39, 0.29) is 11.4 Å². The van der Waals surface area contributed by atoms with Crippen LogP contribution in [0.3, 0.4) is 0 Å². The highest BCUT2D eigenvalue weighted by Gasteiger charge is 2.38. The fraction of sp³-hybridized carbons (Fsp3) is 0.350. The van der Waals surface area contributed by atoms with Crippen LogP contribution < -0.4 is 10.2 Å². The van der Waals surface area contributed by atoms with Crippen molar-refractivity contribution in [1.82, 2.24) is 5.32 Å². The summed E-state index contributed by atoms with van der Waals surface area (Å²) < 4.78 is 0. The van der Waals surface area contributed by atoms with E-state index in [4.69, 9.17) is 0 Å². The first-order chi connectivity index (χ1) is 11.2. The van der Waals surface area contributed by atoms with Crippen molar-refractivity contribution in [2.45, 2.75) is 31.6 Å². The Hall–Kier alpha value is -2.29. The van der Waals surface area contributed by atoms with E-state index in [0.717, 1.165) is 18.5 Å². The maximum atomic E-state index is 12.6. The molecule has 0 bridgehead atoms. The molecule has 2 aromatic carbocycles. The molecule has 0 spiro atoms. The lowest BCUT2D eigenvalue weighted by molar-refractivity contribution is 0.218. The number of amides is 2. The molecule has 2 aromatic rings. The number of anilines is 1. The zero-order valence-electron chi connectivity index (χ0n) is 13.7. The number of hydrogen-bond acceptors (Lipinski definition) is 1. The minimum atomic E-state index is -0.0130. The van der Waals surface area contributed by atoms with Crippen LogP contribution in [-0.2, 0) is 5.41 Å². The number of rotatable bonds is 5. The van der Waals surface area contributed by atoms with E-state index in [9.17, 15) is 4.79 Å². The van der Waals surface area contributed by atoms with E-state index in [1.807, 2.05) is 43.3 Å². The SMILES string of the molecule is CCN(C(=O)NCC1(c2ccccc2)CCC1)c1ccccc1. The van der Waals surface area contributed by atoms with Crippen molar-refractivity contribution in [3.8, 4) is 0 Å². The van der Waals surface area contributed by atoms with Crippen LogP contribution in [0.1, 0.15) is 31.7 Å². The largest absolute Gasteiger partial charge is 0.337 e. The Kier molecular flexibility index (Phi) is 4.65. The third kappa shape index (κ3) is 3.24. The molecular weight excluding hydrogens is 284 g/mol. The Balaban J connectivity index is 1.68. The lowest BCUT2D eigenvalue weighted by atomic mass is 9.64. The van der Waals surface area contributed by atoms with E-state index in [1.54, 1.807) is 4.90 Å². The van der Waals surface area contributed by atoms with Gasteiger partial charge in [-0.3, -0.25) is 4.90 Å². The van der Waals surface area contributed by atoms with Crippen molar-refractivity contribution in [1.29, 1.82) is 0 Å². The quantitative estimate of drug-likeness (QED) is 0.875. The van der Waals surface area contributed by atoms with Gasteiger partial charge in [0.2, 0.25) is 0 Å². The number of benzene rings is 2. The average molecular weight is 308 g/mol. The maximum absolute atomic E-state index is 12.6. The molecule has 0 atom stereocenters. The Morgan fingerprint density at radius 1 is 1.04 bits per heavy atom. The van der Waals surface area contributed by atoms with Gasteiger partial charge in [0.1, 0.15) is 0 Å². The summed E-state index contributed by atoms with van der Waals surface area (Å²) in [6, 6.07) is 20.4. The molecule has 3 nitrogen and oxygen atoms in total. The first kappa shape index (κ1) is 15.6. The first-order valence-corrected chi connectivity index (χ1v) is 8.41. The molecule has 1 N–H and O–H groups in total. The monoisotopic (exact) mass is 308 g/mol. The van der Waals surface area contributed by atoms with Gasteiger partial charge in [-0.2, -0.15) is 0 Å². The number of nitrogens with one attached hydrogen (secondary N) is 1. The average Bonchev–Trinajstić information content (AvgIpc) is 2.56. The summed E-state index contributed by atoms with van der Waals surface area (Å²) in [4.78, 5) is 14.4. The molecule has 3 rings (SSSR count). The van der Waals surface area contributed by atoms with Crippen LogP contribution in [0, 0.1) is 0 Å². The summed E-state index contributed by atoms with van der Waals surface area (Å²) in [5, 5.41) is 3.16. The smallest absolute Gasteiger partial charge is 0.321 e. The van der Waals surface area contributed by atoms with Crippen LogP contribution in [0.5, 0.6) is 0 Å². The van der Waals surface area contributed by atoms with Crippen molar-refractivity contribution in [3.63, 3.8) is 0 Å². The second-order valence-corrected chi connectivity index (χ2v) is 6.24. The van der Waals surface area contributed by atoms with Gasteiger partial charge in [0.15, 0.2) is 0 Å². The van der Waals surface area contributed by atoms with Gasteiger partial charge in [-0.15, -0.1) is 0 Å². The Morgan fingerprint density at radius 3 is 2.17 bits per heavy atom. The molecule has 0 unspecified atom stereocenters. The number of hydrogen-bond donors (Lipinski definition) is 1. The lowest BCUT2D eigenvalue weighted by Gasteiger charge is -2.43. The molecule has 1 fully saturated rings. The van der Waals surface area contributed by atoms with Crippen LogP contribution in [0.15, 0.2) is 60.7 Å². The van der Waals surface area contributed by atoms with Crippen LogP contribution in [0.25, 0.3) is 0 Å². The van der Waals surface area contributed by atoms with Crippen LogP contribution >= 0.6 is 0 Å². The number of carbonyl (C=O) groups is 1. The van der Waals surface area contributed by atoms with Crippen molar-refractivity contribution < 1.29 is 4.79 Å². The van der Waals surface area contributed by atoms with Crippen molar-refractivity contribution in [2.24, 2.45) is 0 Å². The molecule has 1 aliphatic rings. The molecule has 23 heavy (non-hydrogen) atoms. The number of nitrogens with zero attached hydrogens (tertiary/aromatic N) is 1. The van der Waals surface area contributed by atoms with Crippen LogP contribution in [0.4, 0.5) is 10.5 Å². The van der Waals surface area contributed by atoms with Gasteiger partial charge in [0.25, 0.3) is 0 Å². The fourth-order valence-electron chi connectivity index (χ4n) is 3.35. The highest BCUT2D eigenvalue weighted by Crippen LogP contribution is 2.43. The standard InChI is InChI=1S/C20H24N2O/c1-2-22(18-12-7-4-8-13-18)19(23)21-16-20(14-9-15-20)17-10-5-3-6-11-17/h3-8,10-13H,2,9,14-16H2,1H3,(H,21,23). The van der Waals surface area contributed by atoms with Gasteiger partial charge in [-0.05, 0) is 37.5 Å². The molecular formula is C20H24N2O. The van der Waals surface area contributed by atoms with Gasteiger partial charge >= 0.3 is 6.03 Å². The molecule has 0 heterocycles. The van der Waals surface area contributed by atoms with E-state index >= 15 is 0 Å². The van der Waals surface area contributed by atoms with Crippen molar-refractivity contribution in [2.75, 3.05) is 18.0 Å². The second-order valence-electron chi connectivity index (χ2n) is 6.24. The predicted octanol–water partition coefficient (Wildman–Crippen LogP) is 4.34. The minimum absolute atomic E-state index is 0.0130. The van der Waals surface area contributed by atoms with Crippen LogP contribution in [-0.4, -0.2) is 19.1 Å². The summed E-state index contributed by atoms with van der Waals surface area (Å²) in [6.07, 6.45) is 3.53. The van der Waals surface area contributed by atoms with Gasteiger partial charge < -0.3 is 5.32 Å². The van der Waals surface area contributed by atoms with Crippen LogP contribution in [0.2, 0.25) is 0 Å². The van der Waals surface area contributed by atoms with Gasteiger partial charge in [0, 0.05) is 24.2 Å². The molecule has 0 aromatic heterocycles. The number of urea groups is 1. The van der Waals surface area contributed by atoms with Gasteiger partial charge in [0.05, 0.1) is 0 Å². The second kappa shape index (κ2) is 6.86. The molecule has 2 amide bonds. The van der Waals surface area contributed by atoms with Crippen molar-refractivity contribution >= 4 is 11.7 Å². The zero-order chi connectivity index (χ0) is 16.1. The lowest BCUT2D eigenvalue weighted by Crippen LogP contribution is -2.49. The topological polar surface area (TPSA) is 32.3 Å². The Morgan fingerprint density at radius 2 is 1.65 bits per heavy atom. The van der Waals surface area contributed by atoms with E-state index in [1.165, 1.54) is 12.0 Å². The first-order valence-electron chi connectivity index (χ1n) is 8.41. The molecule has 0 saturated heterocycles. The van der Waals surface area contributed by atoms with Gasteiger partial charge in [-0.1, -0.05) is 55.0 Å². The Bertz CT molecular complexity index is 635. The number of carbonyl (C=O) groups excluding carboxylic acids is 1. The highest BCUT2D eigenvalue weighted by molar-refractivity contribution is 5.91. The fourth-order valence-corrected chi connectivity index (χ4v) is 3.35.